The molecule has 0 saturated heterocycles. The van der Waals surface area contributed by atoms with E-state index in [4.69, 9.17) is 44.3 Å². The van der Waals surface area contributed by atoms with Crippen molar-refractivity contribution in [3.8, 4) is 11.5 Å². The van der Waals surface area contributed by atoms with E-state index in [2.05, 4.69) is 10.6 Å². The van der Waals surface area contributed by atoms with Crippen molar-refractivity contribution in [2.75, 3.05) is 26.7 Å². The lowest BCUT2D eigenvalue weighted by molar-refractivity contribution is 0.191. The first-order chi connectivity index (χ1) is 13.4. The summed E-state index contributed by atoms with van der Waals surface area (Å²) in [7, 11) is 1.57. The number of rotatable bonds is 11. The molecule has 30 heavy (non-hydrogen) atoms. The maximum atomic E-state index is 9.21. The molecule has 0 fully saturated rings. The highest BCUT2D eigenvalue weighted by molar-refractivity contribution is 6.35. The lowest BCUT2D eigenvalue weighted by Gasteiger charge is -2.15. The van der Waals surface area contributed by atoms with Gasteiger partial charge >= 0.3 is 0 Å². The molecular formula is C20H27Cl5N2O3. The van der Waals surface area contributed by atoms with Crippen molar-refractivity contribution < 1.29 is 14.6 Å². The van der Waals surface area contributed by atoms with Crippen LogP contribution in [-0.2, 0) is 13.2 Å². The molecule has 0 spiro atoms. The predicted octanol–water partition coefficient (Wildman–Crippen LogP) is 5.14. The fraction of sp³-hybridized carbons (Fsp3) is 0.400. The zero-order valence-corrected chi connectivity index (χ0v) is 20.6. The van der Waals surface area contributed by atoms with Crippen LogP contribution in [0.4, 0.5) is 0 Å². The third-order valence-corrected chi connectivity index (χ3v) is 4.79. The van der Waals surface area contributed by atoms with Crippen LogP contribution in [-0.4, -0.2) is 38.0 Å². The summed E-state index contributed by atoms with van der Waals surface area (Å²) in [6, 6.07) is 8.98. The molecular weight excluding hydrogens is 493 g/mol. The number of aliphatic hydroxyl groups is 1. The molecule has 3 N–H and O–H groups in total. The normalized spacial score (nSPS) is 11.3. The molecule has 0 saturated carbocycles. The number of ether oxygens (including phenoxy) is 2. The van der Waals surface area contributed by atoms with Crippen molar-refractivity contribution in [3.05, 3.63) is 56.5 Å². The maximum Gasteiger partial charge on any atom is 0.180 e. The Bertz CT molecular complexity index is 778. The second kappa shape index (κ2) is 15.2. The fourth-order valence-corrected chi connectivity index (χ4v) is 3.28. The zero-order valence-electron chi connectivity index (χ0n) is 16.7. The maximum absolute atomic E-state index is 9.21. The van der Waals surface area contributed by atoms with E-state index in [1.807, 2.05) is 18.2 Å². The number of hydrogen-bond acceptors (Lipinski definition) is 5. The largest absolute Gasteiger partial charge is 0.493 e. The number of aliphatic hydroxyl groups excluding tert-OH is 1. The first-order valence-electron chi connectivity index (χ1n) is 8.93. The molecule has 10 heteroatoms. The highest BCUT2D eigenvalue weighted by Gasteiger charge is 2.13. The molecule has 0 bridgehead atoms. The molecule has 0 aliphatic rings. The van der Waals surface area contributed by atoms with Crippen molar-refractivity contribution in [1.29, 1.82) is 0 Å². The summed E-state index contributed by atoms with van der Waals surface area (Å²) in [4.78, 5) is 0. The van der Waals surface area contributed by atoms with Crippen LogP contribution < -0.4 is 20.1 Å². The standard InChI is InChI=1S/C20H25Cl3N2O3.2ClH/c1-13(26)10-24-5-6-25-11-14-7-18(23)20(19(8-14)27-2)28-12-15-3-4-16(21)9-17(15)22;;/h3-4,7-9,13,24-26H,5-6,10-12H2,1-2H3;2*1H. The smallest absolute Gasteiger partial charge is 0.180 e. The van der Waals surface area contributed by atoms with Gasteiger partial charge in [0.2, 0.25) is 0 Å². The number of halogens is 5. The second-order valence-electron chi connectivity index (χ2n) is 6.36. The van der Waals surface area contributed by atoms with E-state index in [0.717, 1.165) is 24.2 Å². The van der Waals surface area contributed by atoms with Gasteiger partial charge in [-0.1, -0.05) is 40.9 Å². The van der Waals surface area contributed by atoms with Crippen molar-refractivity contribution in [2.45, 2.75) is 26.2 Å². The predicted molar refractivity (Wildman–Crippen MR) is 130 cm³/mol. The molecule has 5 nitrogen and oxygen atoms in total. The van der Waals surface area contributed by atoms with Crippen LogP contribution in [0.2, 0.25) is 15.1 Å². The van der Waals surface area contributed by atoms with E-state index in [0.29, 0.717) is 39.7 Å². The summed E-state index contributed by atoms with van der Waals surface area (Å²) in [5.41, 5.74) is 1.79. The van der Waals surface area contributed by atoms with Gasteiger partial charge < -0.3 is 25.2 Å². The Balaban J connectivity index is 0.00000420. The Morgan fingerprint density at radius 1 is 1.00 bits per heavy atom. The van der Waals surface area contributed by atoms with Gasteiger partial charge in [0.15, 0.2) is 11.5 Å². The SMILES string of the molecule is COc1cc(CNCCNCC(C)O)cc(Cl)c1OCc1ccc(Cl)cc1Cl.Cl.Cl. The summed E-state index contributed by atoms with van der Waals surface area (Å²) >= 11 is 18.5. The highest BCUT2D eigenvalue weighted by atomic mass is 35.5. The van der Waals surface area contributed by atoms with E-state index in [-0.39, 0.29) is 37.5 Å². The molecule has 170 valence electrons. The molecule has 0 aliphatic heterocycles. The van der Waals surface area contributed by atoms with Crippen LogP contribution in [0.3, 0.4) is 0 Å². The summed E-state index contributed by atoms with van der Waals surface area (Å²) < 4.78 is 11.3. The van der Waals surface area contributed by atoms with Crippen LogP contribution in [0.15, 0.2) is 30.3 Å². The van der Waals surface area contributed by atoms with Gasteiger partial charge in [-0.3, -0.25) is 0 Å². The number of benzene rings is 2. The van der Waals surface area contributed by atoms with Crippen molar-refractivity contribution in [2.24, 2.45) is 0 Å². The van der Waals surface area contributed by atoms with E-state index in [1.54, 1.807) is 26.2 Å². The summed E-state index contributed by atoms with van der Waals surface area (Å²) in [5, 5.41) is 17.2. The Labute approximate surface area is 205 Å². The first kappa shape index (κ1) is 29.4. The van der Waals surface area contributed by atoms with E-state index in [9.17, 15) is 5.11 Å². The van der Waals surface area contributed by atoms with Crippen molar-refractivity contribution in [3.63, 3.8) is 0 Å². The van der Waals surface area contributed by atoms with E-state index >= 15 is 0 Å². The number of hydrogen-bond donors (Lipinski definition) is 3. The van der Waals surface area contributed by atoms with Crippen LogP contribution in [0.25, 0.3) is 0 Å². The van der Waals surface area contributed by atoms with Gasteiger partial charge in [0.25, 0.3) is 0 Å². The molecule has 0 radical (unpaired) electrons. The van der Waals surface area contributed by atoms with Gasteiger partial charge in [0, 0.05) is 41.8 Å². The lowest BCUT2D eigenvalue weighted by Crippen LogP contribution is -2.31. The van der Waals surface area contributed by atoms with E-state index in [1.165, 1.54) is 0 Å². The molecule has 0 aliphatic carbocycles. The minimum atomic E-state index is -0.349. The molecule has 1 atom stereocenters. The van der Waals surface area contributed by atoms with Gasteiger partial charge in [-0.05, 0) is 36.8 Å². The lowest BCUT2D eigenvalue weighted by atomic mass is 10.2. The highest BCUT2D eigenvalue weighted by Crippen LogP contribution is 2.37. The fourth-order valence-electron chi connectivity index (χ4n) is 2.52. The number of methoxy groups -OCH3 is 1. The molecule has 2 rings (SSSR count). The Kier molecular flexibility index (Phi) is 14.9. The minimum Gasteiger partial charge on any atom is -0.493 e. The molecule has 0 aromatic heterocycles. The van der Waals surface area contributed by atoms with Crippen LogP contribution in [0.5, 0.6) is 11.5 Å². The zero-order chi connectivity index (χ0) is 20.5. The van der Waals surface area contributed by atoms with Gasteiger partial charge in [-0.25, -0.2) is 0 Å². The quantitative estimate of drug-likeness (QED) is 0.358. The van der Waals surface area contributed by atoms with E-state index < -0.39 is 0 Å². The monoisotopic (exact) mass is 518 g/mol. The average molecular weight is 521 g/mol. The average Bonchev–Trinajstić information content (AvgIpc) is 2.64. The molecule has 2 aromatic carbocycles. The first-order valence-corrected chi connectivity index (χ1v) is 10.1. The topological polar surface area (TPSA) is 62.8 Å². The van der Waals surface area contributed by atoms with Crippen LogP contribution >= 0.6 is 59.6 Å². The van der Waals surface area contributed by atoms with Gasteiger partial charge in [-0.15, -0.1) is 24.8 Å². The minimum absolute atomic E-state index is 0. The molecule has 2 aromatic rings. The summed E-state index contributed by atoms with van der Waals surface area (Å²) in [5.74, 6) is 1.03. The van der Waals surface area contributed by atoms with Crippen molar-refractivity contribution >= 4 is 59.6 Å². The Hall–Kier alpha value is -0.630. The van der Waals surface area contributed by atoms with Gasteiger partial charge in [0.1, 0.15) is 6.61 Å². The van der Waals surface area contributed by atoms with Crippen LogP contribution in [0, 0.1) is 0 Å². The van der Waals surface area contributed by atoms with Crippen molar-refractivity contribution in [1.82, 2.24) is 10.6 Å². The molecule has 1 unspecified atom stereocenters. The molecule has 0 amide bonds. The Morgan fingerprint density at radius 3 is 2.33 bits per heavy atom. The summed E-state index contributed by atoms with van der Waals surface area (Å²) in [6.07, 6.45) is -0.349. The van der Waals surface area contributed by atoms with Gasteiger partial charge in [0.05, 0.1) is 18.2 Å². The Morgan fingerprint density at radius 2 is 1.70 bits per heavy atom. The number of nitrogens with one attached hydrogen (secondary N) is 2. The third-order valence-electron chi connectivity index (χ3n) is 3.92. The van der Waals surface area contributed by atoms with Gasteiger partial charge in [-0.2, -0.15) is 0 Å². The van der Waals surface area contributed by atoms with Crippen LogP contribution in [0.1, 0.15) is 18.1 Å². The summed E-state index contributed by atoms with van der Waals surface area (Å²) in [6.45, 7) is 4.73. The molecule has 0 heterocycles. The third kappa shape index (κ3) is 9.67. The second-order valence-corrected chi connectivity index (χ2v) is 7.61.